The lowest BCUT2D eigenvalue weighted by Gasteiger charge is -2.36. The van der Waals surface area contributed by atoms with Crippen molar-refractivity contribution >= 4 is 5.91 Å². The lowest BCUT2D eigenvalue weighted by Crippen LogP contribution is -2.43. The van der Waals surface area contributed by atoms with Crippen LogP contribution in [0.3, 0.4) is 0 Å². The number of carbonyl (C=O) groups excluding carboxylic acids is 1. The first-order valence-corrected chi connectivity index (χ1v) is 7.93. The molecule has 1 aromatic carbocycles. The first-order valence-electron chi connectivity index (χ1n) is 7.93. The van der Waals surface area contributed by atoms with Crippen molar-refractivity contribution in [3.63, 3.8) is 0 Å². The summed E-state index contributed by atoms with van der Waals surface area (Å²) in [5.74, 6) is 0.234. The Morgan fingerprint density at radius 2 is 2.15 bits per heavy atom. The molecule has 3 heteroatoms. The molecule has 1 amide bonds. The number of nitrogens with one attached hydrogen (secondary N) is 1. The first-order chi connectivity index (χ1) is 9.79. The fourth-order valence-corrected chi connectivity index (χ4v) is 3.49. The number of fused-ring (bicyclic) bond motifs is 1. The molecule has 1 N–H and O–H groups in total. The number of likely N-dealkylation sites (tertiary alicyclic amines) is 1. The maximum Gasteiger partial charge on any atom is 0.254 e. The number of amides is 1. The van der Waals surface area contributed by atoms with Gasteiger partial charge in [-0.15, -0.1) is 0 Å². The number of hydrogen-bond acceptors (Lipinski definition) is 2. The van der Waals surface area contributed by atoms with E-state index in [9.17, 15) is 4.79 Å². The van der Waals surface area contributed by atoms with Crippen LogP contribution >= 0.6 is 0 Å². The number of benzene rings is 1. The van der Waals surface area contributed by atoms with Gasteiger partial charge in [0.15, 0.2) is 0 Å². The molecule has 108 valence electrons. The summed E-state index contributed by atoms with van der Waals surface area (Å²) in [6.45, 7) is 4.97. The maximum absolute atomic E-state index is 12.8. The summed E-state index contributed by atoms with van der Waals surface area (Å²) in [5.41, 5.74) is 3.50. The number of piperidine rings is 1. The summed E-state index contributed by atoms with van der Waals surface area (Å²) in [6, 6.07) is 6.66. The zero-order valence-electron chi connectivity index (χ0n) is 12.3. The second-order valence-corrected chi connectivity index (χ2v) is 6.02. The van der Waals surface area contributed by atoms with Gasteiger partial charge in [0.25, 0.3) is 5.91 Å². The molecular weight excluding hydrogens is 248 g/mol. The van der Waals surface area contributed by atoms with E-state index in [0.29, 0.717) is 6.04 Å². The van der Waals surface area contributed by atoms with E-state index in [1.807, 2.05) is 6.07 Å². The second kappa shape index (κ2) is 5.96. The lowest BCUT2D eigenvalue weighted by molar-refractivity contribution is 0.0600. The van der Waals surface area contributed by atoms with Crippen LogP contribution in [0.15, 0.2) is 18.2 Å². The van der Waals surface area contributed by atoms with E-state index >= 15 is 0 Å². The van der Waals surface area contributed by atoms with Gasteiger partial charge in [0.2, 0.25) is 0 Å². The molecule has 1 atom stereocenters. The third kappa shape index (κ3) is 2.59. The monoisotopic (exact) mass is 272 g/mol. The smallest absolute Gasteiger partial charge is 0.254 e. The summed E-state index contributed by atoms with van der Waals surface area (Å²) in [7, 11) is 0. The molecule has 0 aromatic heterocycles. The average molecular weight is 272 g/mol. The van der Waals surface area contributed by atoms with Gasteiger partial charge in [-0.05, 0) is 48.9 Å². The fourth-order valence-electron chi connectivity index (χ4n) is 3.49. The van der Waals surface area contributed by atoms with Gasteiger partial charge in [-0.25, -0.2) is 0 Å². The number of rotatable bonds is 3. The third-order valence-corrected chi connectivity index (χ3v) is 4.59. The molecule has 3 rings (SSSR count). The fraction of sp³-hybridized carbons (Fsp3) is 0.588. The van der Waals surface area contributed by atoms with Crippen LogP contribution in [0.4, 0.5) is 0 Å². The Morgan fingerprint density at radius 1 is 1.30 bits per heavy atom. The van der Waals surface area contributed by atoms with Crippen LogP contribution in [-0.2, 0) is 13.1 Å². The SMILES string of the molecule is CCCC1CCCCN1C(=O)c1ccc2c(c1)CNC2. The van der Waals surface area contributed by atoms with Gasteiger partial charge in [0.05, 0.1) is 0 Å². The molecule has 2 aliphatic heterocycles. The van der Waals surface area contributed by atoms with Gasteiger partial charge >= 0.3 is 0 Å². The Hall–Kier alpha value is -1.35. The predicted molar refractivity (Wildman–Crippen MR) is 80.6 cm³/mol. The van der Waals surface area contributed by atoms with E-state index in [2.05, 4.69) is 29.3 Å². The highest BCUT2D eigenvalue weighted by Crippen LogP contribution is 2.24. The minimum Gasteiger partial charge on any atom is -0.336 e. The van der Waals surface area contributed by atoms with Crippen LogP contribution in [0.1, 0.15) is 60.5 Å². The van der Waals surface area contributed by atoms with Gasteiger partial charge in [-0.2, -0.15) is 0 Å². The summed E-state index contributed by atoms with van der Waals surface area (Å²) < 4.78 is 0. The van der Waals surface area contributed by atoms with Crippen molar-refractivity contribution in [2.45, 2.75) is 58.2 Å². The summed E-state index contributed by atoms with van der Waals surface area (Å²) in [6.07, 6.45) is 5.88. The molecule has 1 unspecified atom stereocenters. The molecular formula is C17H24N2O. The van der Waals surface area contributed by atoms with Crippen LogP contribution in [0.25, 0.3) is 0 Å². The lowest BCUT2D eigenvalue weighted by atomic mass is 9.96. The Kier molecular flexibility index (Phi) is 4.06. The highest BCUT2D eigenvalue weighted by molar-refractivity contribution is 5.94. The number of carbonyl (C=O) groups is 1. The van der Waals surface area contributed by atoms with Gasteiger partial charge in [0.1, 0.15) is 0 Å². The number of nitrogens with zero attached hydrogens (tertiary/aromatic N) is 1. The van der Waals surface area contributed by atoms with E-state index in [-0.39, 0.29) is 5.91 Å². The molecule has 3 nitrogen and oxygen atoms in total. The van der Waals surface area contributed by atoms with Crippen LogP contribution in [-0.4, -0.2) is 23.4 Å². The van der Waals surface area contributed by atoms with Gasteiger partial charge in [-0.3, -0.25) is 4.79 Å². The zero-order chi connectivity index (χ0) is 13.9. The van der Waals surface area contributed by atoms with Crippen molar-refractivity contribution in [3.05, 3.63) is 34.9 Å². The Labute approximate surface area is 121 Å². The van der Waals surface area contributed by atoms with Crippen LogP contribution in [0.2, 0.25) is 0 Å². The van der Waals surface area contributed by atoms with Gasteiger partial charge in [-0.1, -0.05) is 19.4 Å². The van der Waals surface area contributed by atoms with Crippen molar-refractivity contribution in [2.24, 2.45) is 0 Å². The Morgan fingerprint density at radius 3 is 3.00 bits per heavy atom. The van der Waals surface area contributed by atoms with Crippen LogP contribution in [0.5, 0.6) is 0 Å². The molecule has 0 radical (unpaired) electrons. The predicted octanol–water partition coefficient (Wildman–Crippen LogP) is 3.08. The van der Waals surface area contributed by atoms with Gasteiger partial charge < -0.3 is 10.2 Å². The first kappa shape index (κ1) is 13.6. The van der Waals surface area contributed by atoms with Crippen molar-refractivity contribution < 1.29 is 4.79 Å². The molecule has 1 saturated heterocycles. The van der Waals surface area contributed by atoms with Crippen molar-refractivity contribution in [1.29, 1.82) is 0 Å². The Balaban J connectivity index is 1.80. The van der Waals surface area contributed by atoms with E-state index in [1.165, 1.54) is 24.0 Å². The van der Waals surface area contributed by atoms with Crippen LogP contribution < -0.4 is 5.32 Å². The molecule has 20 heavy (non-hydrogen) atoms. The third-order valence-electron chi connectivity index (χ3n) is 4.59. The molecule has 1 fully saturated rings. The van der Waals surface area contributed by atoms with E-state index in [0.717, 1.165) is 44.5 Å². The number of hydrogen-bond donors (Lipinski definition) is 1. The molecule has 2 aliphatic rings. The second-order valence-electron chi connectivity index (χ2n) is 6.02. The molecule has 2 heterocycles. The van der Waals surface area contributed by atoms with Gasteiger partial charge in [0, 0.05) is 31.2 Å². The zero-order valence-corrected chi connectivity index (χ0v) is 12.3. The average Bonchev–Trinajstić information content (AvgIpc) is 2.95. The highest BCUT2D eigenvalue weighted by atomic mass is 16.2. The summed E-state index contributed by atoms with van der Waals surface area (Å²) in [5, 5.41) is 3.34. The molecule has 0 spiro atoms. The summed E-state index contributed by atoms with van der Waals surface area (Å²) in [4.78, 5) is 14.9. The topological polar surface area (TPSA) is 32.3 Å². The minimum atomic E-state index is 0.234. The van der Waals surface area contributed by atoms with E-state index in [4.69, 9.17) is 0 Å². The van der Waals surface area contributed by atoms with E-state index in [1.54, 1.807) is 0 Å². The molecule has 0 bridgehead atoms. The van der Waals surface area contributed by atoms with E-state index < -0.39 is 0 Å². The standard InChI is InChI=1S/C17H24N2O/c1-2-5-16-6-3-4-9-19(16)17(20)13-7-8-14-11-18-12-15(14)10-13/h7-8,10,16,18H,2-6,9,11-12H2,1H3. The maximum atomic E-state index is 12.8. The minimum absolute atomic E-state index is 0.234. The van der Waals surface area contributed by atoms with Crippen molar-refractivity contribution in [1.82, 2.24) is 10.2 Å². The van der Waals surface area contributed by atoms with Crippen molar-refractivity contribution in [3.8, 4) is 0 Å². The normalized spacial score (nSPS) is 21.9. The van der Waals surface area contributed by atoms with Crippen molar-refractivity contribution in [2.75, 3.05) is 6.54 Å². The quantitative estimate of drug-likeness (QED) is 0.917. The highest BCUT2D eigenvalue weighted by Gasteiger charge is 2.27. The molecule has 0 saturated carbocycles. The summed E-state index contributed by atoms with van der Waals surface area (Å²) >= 11 is 0. The largest absolute Gasteiger partial charge is 0.336 e. The van der Waals surface area contributed by atoms with Crippen LogP contribution in [0, 0.1) is 0 Å². The molecule has 0 aliphatic carbocycles. The Bertz CT molecular complexity index is 496. The molecule has 1 aromatic rings.